The van der Waals surface area contributed by atoms with Gasteiger partial charge in [-0.1, -0.05) is 383 Å². The first-order valence-electron chi connectivity index (χ1n) is 38.5. The van der Waals surface area contributed by atoms with E-state index in [0.717, 1.165) is 64.2 Å². The van der Waals surface area contributed by atoms with Gasteiger partial charge < -0.3 is 28.8 Å². The molecule has 0 radical (unpaired) electrons. The average molecular weight is 1240 g/mol. The lowest BCUT2D eigenvalue weighted by molar-refractivity contribution is -0.870. The molecule has 0 spiro atoms. The van der Waals surface area contributed by atoms with Gasteiger partial charge in [0.1, 0.15) is 13.2 Å². The first-order chi connectivity index (χ1) is 42.5. The maximum Gasteiger partial charge on any atom is 0.268 e. The van der Waals surface area contributed by atoms with Crippen molar-refractivity contribution in [3.05, 3.63) is 48.6 Å². The molecule has 87 heavy (non-hydrogen) atoms. The van der Waals surface area contributed by atoms with Gasteiger partial charge in [-0.25, -0.2) is 0 Å². The fourth-order valence-corrected chi connectivity index (χ4v) is 12.6. The summed E-state index contributed by atoms with van der Waals surface area (Å²) in [6, 6.07) is -0.800. The second kappa shape index (κ2) is 68.8. The maximum atomic E-state index is 13.1. The Balaban J connectivity index is 3.88. The largest absolute Gasteiger partial charge is 0.756 e. The van der Waals surface area contributed by atoms with E-state index in [1.165, 1.54) is 302 Å². The Hall–Kier alpha value is -1.54. The van der Waals surface area contributed by atoms with E-state index in [9.17, 15) is 19.4 Å². The molecule has 0 aromatic heterocycles. The Bertz CT molecular complexity index is 1560. The molecule has 1 amide bonds. The molecule has 0 aromatic rings. The summed E-state index contributed by atoms with van der Waals surface area (Å²) in [6.45, 7) is 4.67. The number of carbonyl (C=O) groups is 1. The van der Waals surface area contributed by atoms with E-state index in [1.807, 2.05) is 21.1 Å². The molecule has 514 valence electrons. The number of unbranched alkanes of at least 4 members (excludes halogenated alkanes) is 51. The van der Waals surface area contributed by atoms with Crippen molar-refractivity contribution in [3.63, 3.8) is 0 Å². The van der Waals surface area contributed by atoms with Crippen molar-refractivity contribution in [2.24, 2.45) is 0 Å². The van der Waals surface area contributed by atoms with Gasteiger partial charge in [0.2, 0.25) is 5.91 Å². The number of hydrogen-bond acceptors (Lipinski definition) is 6. The lowest BCUT2D eigenvalue weighted by Gasteiger charge is -2.30. The van der Waals surface area contributed by atoms with Crippen LogP contribution in [0, 0.1) is 0 Å². The van der Waals surface area contributed by atoms with Gasteiger partial charge in [-0.2, -0.15) is 0 Å². The highest BCUT2D eigenvalue weighted by atomic mass is 31.2. The summed E-state index contributed by atoms with van der Waals surface area (Å²) in [5.41, 5.74) is 0. The van der Waals surface area contributed by atoms with E-state index in [2.05, 4.69) is 67.8 Å². The van der Waals surface area contributed by atoms with Gasteiger partial charge >= 0.3 is 0 Å². The van der Waals surface area contributed by atoms with Gasteiger partial charge in [0.05, 0.1) is 39.9 Å². The van der Waals surface area contributed by atoms with E-state index in [0.29, 0.717) is 23.9 Å². The Morgan fingerprint density at radius 3 is 1.02 bits per heavy atom. The Morgan fingerprint density at radius 2 is 0.701 bits per heavy atom. The fraction of sp³-hybridized carbons (Fsp3) is 0.885. The summed E-state index contributed by atoms with van der Waals surface area (Å²) in [6.07, 6.45) is 93.7. The summed E-state index contributed by atoms with van der Waals surface area (Å²) in [5, 5.41) is 14.1. The summed E-state index contributed by atoms with van der Waals surface area (Å²) >= 11 is 0. The van der Waals surface area contributed by atoms with Crippen LogP contribution in [0.25, 0.3) is 0 Å². The molecular formula is C78H151N2O6P. The van der Waals surface area contributed by atoms with Crippen LogP contribution in [-0.4, -0.2) is 68.5 Å². The predicted octanol–water partition coefficient (Wildman–Crippen LogP) is 24.3. The van der Waals surface area contributed by atoms with Gasteiger partial charge in [-0.05, 0) is 51.4 Å². The monoisotopic (exact) mass is 1240 g/mol. The molecule has 0 aliphatic heterocycles. The highest BCUT2D eigenvalue weighted by molar-refractivity contribution is 7.45. The molecule has 0 aliphatic rings. The highest BCUT2D eigenvalue weighted by Gasteiger charge is 2.24. The number of allylic oxidation sites excluding steroid dienone is 8. The minimum Gasteiger partial charge on any atom is -0.756 e. The molecule has 0 saturated heterocycles. The van der Waals surface area contributed by atoms with Gasteiger partial charge in [0.15, 0.2) is 0 Å². The average Bonchev–Trinajstić information content (AvgIpc) is 3.71. The Morgan fingerprint density at radius 1 is 0.414 bits per heavy atom. The van der Waals surface area contributed by atoms with Crippen molar-refractivity contribution >= 4 is 13.7 Å². The second-order valence-corrected chi connectivity index (χ2v) is 29.1. The SMILES string of the molecule is CC/C=C\C/C=C\C/C=C\C/C=C\CCCCCCCCCCCCCCCCCCCCCCCCCCCCCCC(=O)NC(COP(=O)([O-])OCC[N+](C)(C)C)C(O)CCCCCCCCCCCCCCCCCCCCCCCCCC. The quantitative estimate of drug-likeness (QED) is 0.0272. The number of aliphatic hydroxyl groups is 1. The number of amides is 1. The van der Waals surface area contributed by atoms with Crippen LogP contribution in [0.1, 0.15) is 393 Å². The third kappa shape index (κ3) is 71.8. The summed E-state index contributed by atoms with van der Waals surface area (Å²) in [7, 11) is 1.33. The van der Waals surface area contributed by atoms with Crippen molar-refractivity contribution < 1.29 is 32.9 Å². The molecule has 0 saturated carbocycles. The lowest BCUT2D eigenvalue weighted by Crippen LogP contribution is -2.46. The molecule has 3 unspecified atom stereocenters. The van der Waals surface area contributed by atoms with E-state index in [1.54, 1.807) is 0 Å². The Kier molecular flexibility index (Phi) is 67.6. The molecule has 0 bridgehead atoms. The van der Waals surface area contributed by atoms with E-state index >= 15 is 0 Å². The number of rotatable bonds is 72. The van der Waals surface area contributed by atoms with E-state index < -0.39 is 20.0 Å². The van der Waals surface area contributed by atoms with Crippen LogP contribution in [0.4, 0.5) is 0 Å². The molecule has 8 nitrogen and oxygen atoms in total. The summed E-state index contributed by atoms with van der Waals surface area (Å²) < 4.78 is 23.6. The standard InChI is InChI=1S/C78H151N2O6P/c1-6-8-10-12-14-16-18-20-22-24-26-28-30-32-33-34-35-36-37-38-39-40-41-42-43-44-45-46-47-48-50-52-54-56-58-60-62-64-66-68-70-72-78(82)79-76(75-86-87(83,84)85-74-73-80(3,4)5)77(81)71-69-67-65-63-61-59-57-55-53-51-49-31-29-27-25-23-21-19-17-15-13-11-9-7-2/h8,10,14,16,20,22,26,28,76-77,81H,6-7,9,11-13,15,17-19,21,23-25,27,29-75H2,1-5H3,(H-,79,82,83,84)/b10-8-,16-14-,22-20-,28-26-. The van der Waals surface area contributed by atoms with Crippen LogP contribution in [-0.2, 0) is 18.4 Å². The molecular weight excluding hydrogens is 1090 g/mol. The van der Waals surface area contributed by atoms with Crippen LogP contribution < -0.4 is 10.2 Å². The smallest absolute Gasteiger partial charge is 0.268 e. The molecule has 0 fully saturated rings. The van der Waals surface area contributed by atoms with Crippen molar-refractivity contribution in [1.29, 1.82) is 0 Å². The number of nitrogens with zero attached hydrogens (tertiary/aromatic N) is 1. The first kappa shape index (κ1) is 85.5. The van der Waals surface area contributed by atoms with Gasteiger partial charge in [0, 0.05) is 6.42 Å². The third-order valence-electron chi connectivity index (χ3n) is 17.8. The van der Waals surface area contributed by atoms with Crippen molar-refractivity contribution in [2.45, 2.75) is 405 Å². The minimum atomic E-state index is -4.58. The van der Waals surface area contributed by atoms with Gasteiger partial charge in [0.25, 0.3) is 7.82 Å². The molecule has 0 heterocycles. The van der Waals surface area contributed by atoms with Gasteiger partial charge in [-0.15, -0.1) is 0 Å². The topological polar surface area (TPSA) is 108 Å². The number of phosphoric acid groups is 1. The zero-order valence-corrected chi connectivity index (χ0v) is 59.9. The predicted molar refractivity (Wildman–Crippen MR) is 381 cm³/mol. The third-order valence-corrected chi connectivity index (χ3v) is 18.8. The number of aliphatic hydroxyl groups excluding tert-OH is 1. The van der Waals surface area contributed by atoms with Gasteiger partial charge in [-0.3, -0.25) is 9.36 Å². The molecule has 9 heteroatoms. The van der Waals surface area contributed by atoms with Crippen LogP contribution in [0.3, 0.4) is 0 Å². The number of phosphoric ester groups is 1. The number of hydrogen-bond donors (Lipinski definition) is 2. The second-order valence-electron chi connectivity index (χ2n) is 27.7. The zero-order chi connectivity index (χ0) is 63.4. The normalized spacial score (nSPS) is 13.8. The molecule has 2 N–H and O–H groups in total. The number of quaternary nitrogens is 1. The number of carbonyl (C=O) groups excluding carboxylic acids is 1. The molecule has 3 atom stereocenters. The molecule has 0 aromatic carbocycles. The molecule has 0 rings (SSSR count). The first-order valence-corrected chi connectivity index (χ1v) is 39.9. The van der Waals surface area contributed by atoms with Crippen LogP contribution in [0.15, 0.2) is 48.6 Å². The summed E-state index contributed by atoms with van der Waals surface area (Å²) in [4.78, 5) is 25.7. The molecule has 0 aliphatic carbocycles. The van der Waals surface area contributed by atoms with Crippen molar-refractivity contribution in [1.82, 2.24) is 5.32 Å². The number of likely N-dealkylation sites (N-methyl/N-ethyl adjacent to an activating group) is 1. The number of nitrogens with one attached hydrogen (secondary N) is 1. The Labute approximate surface area is 543 Å². The minimum absolute atomic E-state index is 0.0150. The van der Waals surface area contributed by atoms with Crippen molar-refractivity contribution in [2.75, 3.05) is 40.9 Å². The van der Waals surface area contributed by atoms with Crippen LogP contribution in [0.5, 0.6) is 0 Å². The summed E-state index contributed by atoms with van der Waals surface area (Å²) in [5.74, 6) is -0.155. The maximum absolute atomic E-state index is 13.1. The van der Waals surface area contributed by atoms with Crippen molar-refractivity contribution in [3.8, 4) is 0 Å². The lowest BCUT2D eigenvalue weighted by atomic mass is 10.0. The van der Waals surface area contributed by atoms with E-state index in [-0.39, 0.29) is 19.1 Å². The fourth-order valence-electron chi connectivity index (χ4n) is 11.9. The zero-order valence-electron chi connectivity index (χ0n) is 59.0. The van der Waals surface area contributed by atoms with E-state index in [4.69, 9.17) is 9.05 Å². The highest BCUT2D eigenvalue weighted by Crippen LogP contribution is 2.38. The van der Waals surface area contributed by atoms with Crippen LogP contribution in [0.2, 0.25) is 0 Å². The van der Waals surface area contributed by atoms with Crippen LogP contribution >= 0.6 is 7.82 Å².